The lowest BCUT2D eigenvalue weighted by atomic mass is 10.1. The highest BCUT2D eigenvalue weighted by Crippen LogP contribution is 2.37. The first-order valence-electron chi connectivity index (χ1n) is 9.83. The van der Waals surface area contributed by atoms with Crippen molar-refractivity contribution in [2.24, 2.45) is 0 Å². The molecule has 6 nitrogen and oxygen atoms in total. The van der Waals surface area contributed by atoms with Crippen molar-refractivity contribution < 1.29 is 9.53 Å². The van der Waals surface area contributed by atoms with E-state index < -0.39 is 5.25 Å². The summed E-state index contributed by atoms with van der Waals surface area (Å²) in [6.45, 7) is 2.76. The minimum Gasteiger partial charge on any atom is -0.497 e. The van der Waals surface area contributed by atoms with Crippen LogP contribution in [0.25, 0.3) is 10.7 Å². The summed E-state index contributed by atoms with van der Waals surface area (Å²) >= 11 is 3.02. The van der Waals surface area contributed by atoms with E-state index in [0.717, 1.165) is 16.3 Å². The molecule has 4 aromatic rings. The maximum Gasteiger partial charge on any atom is 0.242 e. The molecule has 0 fully saturated rings. The van der Waals surface area contributed by atoms with Crippen LogP contribution in [0.1, 0.15) is 17.7 Å². The third-order valence-electron chi connectivity index (χ3n) is 4.68. The highest BCUT2D eigenvalue weighted by Gasteiger charge is 2.26. The summed E-state index contributed by atoms with van der Waals surface area (Å²) in [7, 11) is 1.60. The predicted octanol–water partition coefficient (Wildman–Crippen LogP) is 5.51. The van der Waals surface area contributed by atoms with Crippen LogP contribution in [-0.2, 0) is 11.3 Å². The van der Waals surface area contributed by atoms with Crippen LogP contribution < -0.4 is 10.1 Å². The zero-order valence-corrected chi connectivity index (χ0v) is 18.8. The van der Waals surface area contributed by atoms with Crippen molar-refractivity contribution >= 4 is 34.7 Å². The quantitative estimate of drug-likeness (QED) is 0.359. The Morgan fingerprint density at radius 1 is 1.13 bits per heavy atom. The number of methoxy groups -OCH3 is 1. The van der Waals surface area contributed by atoms with Gasteiger partial charge < -0.3 is 14.6 Å². The van der Waals surface area contributed by atoms with E-state index in [1.165, 1.54) is 11.8 Å². The van der Waals surface area contributed by atoms with E-state index in [9.17, 15) is 4.79 Å². The second-order valence-electron chi connectivity index (χ2n) is 6.66. The Morgan fingerprint density at radius 3 is 2.68 bits per heavy atom. The van der Waals surface area contributed by atoms with E-state index >= 15 is 0 Å². The molecule has 2 heterocycles. The Hall–Kier alpha value is -3.10. The minimum absolute atomic E-state index is 0.132. The molecular formula is C23H22N4O2S2. The molecule has 0 bridgehead atoms. The lowest BCUT2D eigenvalue weighted by Gasteiger charge is -2.17. The van der Waals surface area contributed by atoms with Crippen molar-refractivity contribution in [1.82, 2.24) is 14.8 Å². The van der Waals surface area contributed by atoms with Crippen LogP contribution in [0.3, 0.4) is 0 Å². The number of anilines is 1. The molecule has 1 N–H and O–H groups in total. The fourth-order valence-electron chi connectivity index (χ4n) is 3.16. The number of carbonyl (C=O) groups is 1. The number of nitrogens with zero attached hydrogens (tertiary/aromatic N) is 3. The highest BCUT2D eigenvalue weighted by molar-refractivity contribution is 8.00. The maximum atomic E-state index is 13.3. The summed E-state index contributed by atoms with van der Waals surface area (Å²) in [4.78, 5) is 14.4. The van der Waals surface area contributed by atoms with Gasteiger partial charge in [-0.15, -0.1) is 21.5 Å². The molecule has 31 heavy (non-hydrogen) atoms. The first-order chi connectivity index (χ1) is 15.2. The molecule has 0 saturated carbocycles. The van der Waals surface area contributed by atoms with Crippen LogP contribution in [-0.4, -0.2) is 27.8 Å². The largest absolute Gasteiger partial charge is 0.497 e. The molecule has 0 aliphatic carbocycles. The molecule has 1 amide bonds. The second kappa shape index (κ2) is 9.80. The summed E-state index contributed by atoms with van der Waals surface area (Å²) in [6, 6.07) is 21.1. The first-order valence-corrected chi connectivity index (χ1v) is 11.6. The van der Waals surface area contributed by atoms with Crippen molar-refractivity contribution in [3.63, 3.8) is 0 Å². The van der Waals surface area contributed by atoms with Crippen LogP contribution in [0.15, 0.2) is 77.3 Å². The first kappa shape index (κ1) is 21.1. The number of benzene rings is 2. The Labute approximate surface area is 189 Å². The lowest BCUT2D eigenvalue weighted by molar-refractivity contribution is -0.115. The van der Waals surface area contributed by atoms with E-state index in [-0.39, 0.29) is 5.91 Å². The molecule has 0 aliphatic rings. The van der Waals surface area contributed by atoms with Gasteiger partial charge in [-0.05, 0) is 36.1 Å². The number of thioether (sulfide) groups is 1. The lowest BCUT2D eigenvalue weighted by Crippen LogP contribution is -2.19. The molecule has 8 heteroatoms. The molecule has 4 rings (SSSR count). The molecular weight excluding hydrogens is 428 g/mol. The van der Waals surface area contributed by atoms with E-state index in [4.69, 9.17) is 4.74 Å². The Balaban J connectivity index is 1.64. The standard InChI is InChI=1S/C23H22N4O2S2/c1-3-27-21(19-13-8-14-30-19)25-26-23(27)31-20(16-9-5-4-6-10-16)22(28)24-17-11-7-12-18(15-17)29-2/h4-15,20H,3H2,1-2H3,(H,24,28). The summed E-state index contributed by atoms with van der Waals surface area (Å²) < 4.78 is 7.32. The van der Waals surface area contributed by atoms with E-state index in [1.807, 2.05) is 70.6 Å². The number of nitrogens with one attached hydrogen (secondary N) is 1. The van der Waals surface area contributed by atoms with Gasteiger partial charge in [0.25, 0.3) is 0 Å². The van der Waals surface area contributed by atoms with Gasteiger partial charge in [0.15, 0.2) is 11.0 Å². The number of thiophene rings is 1. The highest BCUT2D eigenvalue weighted by atomic mass is 32.2. The smallest absolute Gasteiger partial charge is 0.242 e. The number of hydrogen-bond acceptors (Lipinski definition) is 6. The fourth-order valence-corrected chi connectivity index (χ4v) is 4.98. The normalized spacial score (nSPS) is 11.8. The predicted molar refractivity (Wildman–Crippen MR) is 126 cm³/mol. The monoisotopic (exact) mass is 450 g/mol. The van der Waals surface area contributed by atoms with E-state index in [0.29, 0.717) is 23.1 Å². The zero-order chi connectivity index (χ0) is 21.6. The SMILES string of the molecule is CCn1c(SC(C(=O)Nc2cccc(OC)c2)c2ccccc2)nnc1-c1cccs1. The Bertz CT molecular complexity index is 1140. The third kappa shape index (κ3) is 4.81. The van der Waals surface area contributed by atoms with Gasteiger partial charge in [-0.3, -0.25) is 4.79 Å². The molecule has 0 saturated heterocycles. The zero-order valence-electron chi connectivity index (χ0n) is 17.2. The maximum absolute atomic E-state index is 13.3. The Kier molecular flexibility index (Phi) is 6.69. The summed E-state index contributed by atoms with van der Waals surface area (Å²) in [5, 5.41) is 14.1. The van der Waals surface area contributed by atoms with Crippen molar-refractivity contribution in [3.8, 4) is 16.5 Å². The van der Waals surface area contributed by atoms with Gasteiger partial charge >= 0.3 is 0 Å². The average molecular weight is 451 g/mol. The van der Waals surface area contributed by atoms with Gasteiger partial charge in [-0.25, -0.2) is 0 Å². The van der Waals surface area contributed by atoms with Gasteiger partial charge in [0, 0.05) is 18.3 Å². The second-order valence-corrected chi connectivity index (χ2v) is 8.68. The number of hydrogen-bond donors (Lipinski definition) is 1. The number of carbonyl (C=O) groups excluding carboxylic acids is 1. The van der Waals surface area contributed by atoms with Gasteiger partial charge in [0.1, 0.15) is 11.0 Å². The number of ether oxygens (including phenoxy) is 1. The van der Waals surface area contributed by atoms with Crippen molar-refractivity contribution in [3.05, 3.63) is 77.7 Å². The summed E-state index contributed by atoms with van der Waals surface area (Å²) in [5.74, 6) is 1.38. The molecule has 2 aromatic carbocycles. The van der Waals surface area contributed by atoms with Crippen LogP contribution in [0, 0.1) is 0 Å². The van der Waals surface area contributed by atoms with Crippen LogP contribution >= 0.6 is 23.1 Å². The third-order valence-corrected chi connectivity index (χ3v) is 6.78. The van der Waals surface area contributed by atoms with Crippen LogP contribution in [0.2, 0.25) is 0 Å². The minimum atomic E-state index is -0.488. The molecule has 0 radical (unpaired) electrons. The van der Waals surface area contributed by atoms with Crippen LogP contribution in [0.5, 0.6) is 5.75 Å². The number of aromatic nitrogens is 3. The fraction of sp³-hybridized carbons (Fsp3) is 0.174. The topological polar surface area (TPSA) is 69.0 Å². The number of amides is 1. The molecule has 0 spiro atoms. The van der Waals surface area contributed by atoms with Crippen LogP contribution in [0.4, 0.5) is 5.69 Å². The summed E-state index contributed by atoms with van der Waals surface area (Å²) in [6.07, 6.45) is 0. The van der Waals surface area contributed by atoms with E-state index in [2.05, 4.69) is 22.4 Å². The van der Waals surface area contributed by atoms with Crippen molar-refractivity contribution in [2.75, 3.05) is 12.4 Å². The van der Waals surface area contributed by atoms with Gasteiger partial charge in [0.2, 0.25) is 5.91 Å². The molecule has 2 aromatic heterocycles. The molecule has 158 valence electrons. The van der Waals surface area contributed by atoms with Gasteiger partial charge in [-0.2, -0.15) is 0 Å². The average Bonchev–Trinajstić information content (AvgIpc) is 3.47. The van der Waals surface area contributed by atoms with Gasteiger partial charge in [0.05, 0.1) is 12.0 Å². The summed E-state index contributed by atoms with van der Waals surface area (Å²) in [5.41, 5.74) is 1.58. The molecule has 0 aliphatic heterocycles. The van der Waals surface area contributed by atoms with Crippen molar-refractivity contribution in [1.29, 1.82) is 0 Å². The Morgan fingerprint density at radius 2 is 1.97 bits per heavy atom. The molecule has 1 atom stereocenters. The van der Waals surface area contributed by atoms with Crippen molar-refractivity contribution in [2.45, 2.75) is 23.9 Å². The molecule has 1 unspecified atom stereocenters. The number of rotatable bonds is 8. The van der Waals surface area contributed by atoms with E-state index in [1.54, 1.807) is 24.5 Å². The van der Waals surface area contributed by atoms with Gasteiger partial charge in [-0.1, -0.05) is 54.2 Å².